The van der Waals surface area contributed by atoms with Gasteiger partial charge in [0.2, 0.25) is 23.6 Å². The predicted octanol–water partition coefficient (Wildman–Crippen LogP) is 3.52. The molecule has 0 bridgehead atoms. The van der Waals surface area contributed by atoms with Gasteiger partial charge in [0, 0.05) is 31.6 Å². The van der Waals surface area contributed by atoms with Gasteiger partial charge in [-0.2, -0.15) is 0 Å². The minimum absolute atomic E-state index is 0.00689. The van der Waals surface area contributed by atoms with Gasteiger partial charge in [-0.3, -0.25) is 14.4 Å². The van der Waals surface area contributed by atoms with Crippen LogP contribution < -0.4 is 10.6 Å². The summed E-state index contributed by atoms with van der Waals surface area (Å²) >= 11 is 1.58. The maximum atomic E-state index is 13.8. The first kappa shape index (κ1) is 31.1. The molecule has 224 valence electrons. The van der Waals surface area contributed by atoms with Crippen molar-refractivity contribution in [2.45, 2.75) is 78.1 Å². The van der Waals surface area contributed by atoms with E-state index in [1.165, 1.54) is 17.2 Å². The molecule has 4 atom stereocenters. The number of hydrogen-bond donors (Lipinski definition) is 4. The number of nitrogens with zero attached hydrogens (tertiary/aromatic N) is 3. The molecule has 4 N–H and O–H groups in total. The lowest BCUT2D eigenvalue weighted by Crippen LogP contribution is -2.57. The number of aromatic hydroxyl groups is 1. The molecule has 3 aromatic rings. The van der Waals surface area contributed by atoms with Gasteiger partial charge in [0.05, 0.1) is 28.2 Å². The predicted molar refractivity (Wildman–Crippen MR) is 161 cm³/mol. The largest absolute Gasteiger partial charge is 0.493 e. The molecule has 1 aliphatic rings. The van der Waals surface area contributed by atoms with Crippen LogP contribution in [0.5, 0.6) is 5.88 Å². The van der Waals surface area contributed by atoms with Gasteiger partial charge in [0.15, 0.2) is 0 Å². The number of nitrogens with one attached hydrogen (secondary N) is 2. The smallest absolute Gasteiger partial charge is 0.246 e. The molecule has 42 heavy (non-hydrogen) atoms. The first-order valence-corrected chi connectivity index (χ1v) is 14.9. The summed E-state index contributed by atoms with van der Waals surface area (Å²) in [5.74, 6) is -1.21. The maximum Gasteiger partial charge on any atom is 0.246 e. The zero-order valence-corrected chi connectivity index (χ0v) is 25.4. The Morgan fingerprint density at radius 2 is 1.83 bits per heavy atom. The average molecular weight is 594 g/mol. The van der Waals surface area contributed by atoms with Crippen LogP contribution >= 0.6 is 11.3 Å². The molecule has 0 saturated carbocycles. The van der Waals surface area contributed by atoms with Crippen molar-refractivity contribution in [3.63, 3.8) is 0 Å². The van der Waals surface area contributed by atoms with Gasteiger partial charge >= 0.3 is 0 Å². The highest BCUT2D eigenvalue weighted by atomic mass is 32.1. The maximum absolute atomic E-state index is 13.8. The molecule has 1 fully saturated rings. The number of thiazole rings is 1. The number of likely N-dealkylation sites (tertiary alicyclic amines) is 1. The summed E-state index contributed by atoms with van der Waals surface area (Å²) in [6.45, 7) is 9.39. The first-order valence-electron chi connectivity index (χ1n) is 14.1. The van der Waals surface area contributed by atoms with Gasteiger partial charge in [-0.1, -0.05) is 45.0 Å². The molecule has 0 spiro atoms. The quantitative estimate of drug-likeness (QED) is 0.297. The number of benzene rings is 1. The highest BCUT2D eigenvalue weighted by molar-refractivity contribution is 7.13. The second kappa shape index (κ2) is 13.0. The molecular weight excluding hydrogens is 554 g/mol. The lowest BCUT2D eigenvalue weighted by molar-refractivity contribution is -0.144. The van der Waals surface area contributed by atoms with E-state index in [1.54, 1.807) is 17.4 Å². The minimum Gasteiger partial charge on any atom is -0.493 e. The third-order valence-electron chi connectivity index (χ3n) is 7.51. The van der Waals surface area contributed by atoms with Crippen LogP contribution in [0.15, 0.2) is 48.1 Å². The van der Waals surface area contributed by atoms with Crippen LogP contribution in [0.25, 0.3) is 10.4 Å². The Morgan fingerprint density at radius 1 is 1.12 bits per heavy atom. The van der Waals surface area contributed by atoms with Crippen molar-refractivity contribution >= 4 is 29.1 Å². The highest BCUT2D eigenvalue weighted by Crippen LogP contribution is 2.29. The van der Waals surface area contributed by atoms with Crippen LogP contribution in [0.1, 0.15) is 63.4 Å². The normalized spacial score (nSPS) is 18.4. The molecule has 1 aromatic carbocycles. The Bertz CT molecular complexity index is 1420. The van der Waals surface area contributed by atoms with E-state index >= 15 is 0 Å². The Kier molecular flexibility index (Phi) is 9.63. The Labute approximate surface area is 250 Å². The molecule has 0 aliphatic carbocycles. The number of amides is 3. The van der Waals surface area contributed by atoms with Crippen molar-refractivity contribution in [2.75, 3.05) is 6.54 Å². The van der Waals surface area contributed by atoms with Gasteiger partial charge in [-0.05, 0) is 48.4 Å². The Balaban J connectivity index is 1.42. The average Bonchev–Trinajstić information content (AvgIpc) is 3.55. The highest BCUT2D eigenvalue weighted by Gasteiger charge is 2.44. The molecule has 1 aliphatic heterocycles. The number of pyridine rings is 1. The molecular formula is C31H39N5O5S. The molecule has 4 rings (SSSR count). The summed E-state index contributed by atoms with van der Waals surface area (Å²) in [7, 11) is 0. The fraction of sp³-hybridized carbons (Fsp3) is 0.452. The van der Waals surface area contributed by atoms with E-state index in [4.69, 9.17) is 0 Å². The third kappa shape index (κ3) is 7.51. The summed E-state index contributed by atoms with van der Waals surface area (Å²) in [4.78, 5) is 50.7. The van der Waals surface area contributed by atoms with Crippen LogP contribution in [0.4, 0.5) is 0 Å². The van der Waals surface area contributed by atoms with Crippen molar-refractivity contribution < 1.29 is 24.6 Å². The molecule has 3 amide bonds. The number of rotatable bonds is 9. The number of aliphatic hydroxyl groups excluding tert-OH is 1. The van der Waals surface area contributed by atoms with E-state index < -0.39 is 29.5 Å². The zero-order chi connectivity index (χ0) is 30.6. The molecule has 1 saturated heterocycles. The van der Waals surface area contributed by atoms with E-state index in [0.717, 1.165) is 27.3 Å². The van der Waals surface area contributed by atoms with Crippen LogP contribution in [0.3, 0.4) is 0 Å². The van der Waals surface area contributed by atoms with E-state index in [1.807, 2.05) is 64.4 Å². The SMILES string of the molecule is Cc1ncsc1-c1ccc([C@H](C)NC(=O)[C@@H]2C[C@@H](O)CN2C(=O)[C@@H](NC(=O)CCc2ccnc(O)c2)C(C)(C)C)cc1. The molecule has 0 unspecified atom stereocenters. The van der Waals surface area contributed by atoms with Gasteiger partial charge < -0.3 is 25.7 Å². The van der Waals surface area contributed by atoms with Crippen molar-refractivity contribution in [1.29, 1.82) is 0 Å². The standard InChI is InChI=1S/C31H39N5O5S/c1-18(21-7-9-22(10-8-21)27-19(2)33-17-42-27)34-29(40)24-15-23(37)16-36(24)30(41)28(31(3,4)5)35-25(38)11-6-20-12-13-32-26(39)14-20/h7-10,12-14,17-18,23-24,28,37H,6,11,15-16H2,1-5H3,(H,32,39)(H,34,40)(H,35,38)/t18-,23+,24-,28+/m0/s1. The minimum atomic E-state index is -0.906. The number of aromatic nitrogens is 2. The fourth-order valence-corrected chi connectivity index (χ4v) is 5.93. The first-order chi connectivity index (χ1) is 19.8. The number of carbonyl (C=O) groups is 3. The second-order valence-corrected chi connectivity index (χ2v) is 12.8. The lowest BCUT2D eigenvalue weighted by atomic mass is 9.85. The van der Waals surface area contributed by atoms with E-state index in [-0.39, 0.29) is 43.1 Å². The summed E-state index contributed by atoms with van der Waals surface area (Å²) in [6.07, 6.45) is 1.20. The molecule has 10 nitrogen and oxygen atoms in total. The Hall–Kier alpha value is -3.83. The number of aryl methyl sites for hydroxylation is 2. The van der Waals surface area contributed by atoms with E-state index in [0.29, 0.717) is 6.42 Å². The molecule has 3 heterocycles. The molecule has 0 radical (unpaired) electrons. The van der Waals surface area contributed by atoms with Crippen molar-refractivity contribution in [1.82, 2.24) is 25.5 Å². The van der Waals surface area contributed by atoms with Crippen molar-refractivity contribution in [3.8, 4) is 16.3 Å². The van der Waals surface area contributed by atoms with Crippen molar-refractivity contribution in [2.24, 2.45) is 5.41 Å². The Morgan fingerprint density at radius 3 is 2.45 bits per heavy atom. The number of carbonyl (C=O) groups excluding carboxylic acids is 3. The second-order valence-electron chi connectivity index (χ2n) is 11.9. The summed E-state index contributed by atoms with van der Waals surface area (Å²) in [5.41, 5.74) is 4.85. The van der Waals surface area contributed by atoms with Crippen LogP contribution in [-0.4, -0.2) is 67.5 Å². The number of aliphatic hydroxyl groups is 1. The van der Waals surface area contributed by atoms with Crippen molar-refractivity contribution in [3.05, 3.63) is 64.9 Å². The van der Waals surface area contributed by atoms with Gasteiger partial charge in [0.1, 0.15) is 12.1 Å². The third-order valence-corrected chi connectivity index (χ3v) is 8.49. The van der Waals surface area contributed by atoms with E-state index in [2.05, 4.69) is 20.6 Å². The summed E-state index contributed by atoms with van der Waals surface area (Å²) in [6, 6.07) is 9.04. The fourth-order valence-electron chi connectivity index (χ4n) is 5.12. The van der Waals surface area contributed by atoms with Gasteiger partial charge in [-0.25, -0.2) is 9.97 Å². The summed E-state index contributed by atoms with van der Waals surface area (Å²) < 4.78 is 0. The molecule has 11 heteroatoms. The lowest BCUT2D eigenvalue weighted by Gasteiger charge is -2.35. The van der Waals surface area contributed by atoms with Gasteiger partial charge in [0.25, 0.3) is 0 Å². The number of hydrogen-bond acceptors (Lipinski definition) is 8. The monoisotopic (exact) mass is 593 g/mol. The van der Waals surface area contributed by atoms with Gasteiger partial charge in [-0.15, -0.1) is 11.3 Å². The van der Waals surface area contributed by atoms with Crippen LogP contribution in [0.2, 0.25) is 0 Å². The molecule has 2 aromatic heterocycles. The topological polar surface area (TPSA) is 145 Å². The summed E-state index contributed by atoms with van der Waals surface area (Å²) in [5, 5.41) is 25.9. The van der Waals surface area contributed by atoms with Crippen LogP contribution in [-0.2, 0) is 20.8 Å². The number of β-amino-alcohol motifs (C(OH)–C–C–N with tert-alkyl or cyclic N) is 1. The van der Waals surface area contributed by atoms with E-state index in [9.17, 15) is 24.6 Å². The zero-order valence-electron chi connectivity index (χ0n) is 24.6. The van der Waals surface area contributed by atoms with Crippen LogP contribution in [0, 0.1) is 12.3 Å².